The molecule has 2 amide bonds. The summed E-state index contributed by atoms with van der Waals surface area (Å²) in [5, 5.41) is 7.27. The van der Waals surface area contributed by atoms with Gasteiger partial charge in [-0.2, -0.15) is 0 Å². The topological polar surface area (TPSA) is 97.1 Å². The zero-order valence-electron chi connectivity index (χ0n) is 8.24. The molecule has 0 aliphatic heterocycles. The molecule has 0 radical (unpaired) electrons. The van der Waals surface area contributed by atoms with Crippen molar-refractivity contribution in [2.75, 3.05) is 18.4 Å². The molecule has 0 bridgehead atoms. The van der Waals surface area contributed by atoms with Crippen molar-refractivity contribution in [3.63, 3.8) is 0 Å². The maximum Gasteiger partial charge on any atom is 0.245 e. The van der Waals surface area contributed by atoms with Crippen LogP contribution in [0.1, 0.15) is 5.69 Å². The summed E-state index contributed by atoms with van der Waals surface area (Å²) in [4.78, 5) is 26.0. The molecule has 1 aromatic heterocycles. The van der Waals surface area contributed by atoms with Gasteiger partial charge in [-0.1, -0.05) is 0 Å². The van der Waals surface area contributed by atoms with Crippen molar-refractivity contribution in [3.05, 3.63) is 11.1 Å². The number of amides is 2. The Morgan fingerprint density at radius 1 is 1.53 bits per heavy atom. The van der Waals surface area contributed by atoms with Crippen molar-refractivity contribution in [3.8, 4) is 0 Å². The lowest BCUT2D eigenvalue weighted by atomic mass is 10.5. The van der Waals surface area contributed by atoms with Gasteiger partial charge in [0.05, 0.1) is 18.8 Å². The maximum atomic E-state index is 11.2. The third-order valence-corrected chi connectivity index (χ3v) is 2.37. The Morgan fingerprint density at radius 2 is 2.27 bits per heavy atom. The number of nitrogens with one attached hydrogen (secondary N) is 2. The van der Waals surface area contributed by atoms with E-state index in [1.807, 2.05) is 12.3 Å². The second kappa shape index (κ2) is 5.42. The van der Waals surface area contributed by atoms with Gasteiger partial charge < -0.3 is 16.4 Å². The quantitative estimate of drug-likeness (QED) is 0.645. The molecule has 0 saturated carbocycles. The number of carbonyl (C=O) groups excluding carboxylic acids is 2. The minimum atomic E-state index is -0.361. The van der Waals surface area contributed by atoms with Crippen LogP contribution < -0.4 is 16.4 Å². The Labute approximate surface area is 90.9 Å². The van der Waals surface area contributed by atoms with Crippen LogP contribution in [-0.4, -0.2) is 29.9 Å². The first-order valence-corrected chi connectivity index (χ1v) is 5.18. The molecule has 15 heavy (non-hydrogen) atoms. The van der Waals surface area contributed by atoms with E-state index >= 15 is 0 Å². The first kappa shape index (κ1) is 11.6. The molecule has 0 aromatic carbocycles. The van der Waals surface area contributed by atoms with Crippen LogP contribution in [0.2, 0.25) is 0 Å². The van der Waals surface area contributed by atoms with E-state index in [0.717, 1.165) is 5.69 Å². The molecule has 0 fully saturated rings. The highest BCUT2D eigenvalue weighted by Crippen LogP contribution is 2.13. The number of aromatic nitrogens is 1. The van der Waals surface area contributed by atoms with Gasteiger partial charge in [0, 0.05) is 5.38 Å². The monoisotopic (exact) mass is 228 g/mol. The Morgan fingerprint density at radius 3 is 2.80 bits per heavy atom. The van der Waals surface area contributed by atoms with Crippen LogP contribution >= 0.6 is 11.3 Å². The number of nitrogens with zero attached hydrogens (tertiary/aromatic N) is 1. The van der Waals surface area contributed by atoms with Crippen molar-refractivity contribution in [2.45, 2.75) is 6.92 Å². The number of aryl methyl sites for hydroxylation is 1. The van der Waals surface area contributed by atoms with Gasteiger partial charge in [-0.3, -0.25) is 9.59 Å². The zero-order valence-corrected chi connectivity index (χ0v) is 9.06. The molecule has 0 unspecified atom stereocenters. The van der Waals surface area contributed by atoms with Crippen molar-refractivity contribution in [1.82, 2.24) is 10.3 Å². The lowest BCUT2D eigenvalue weighted by molar-refractivity contribution is -0.123. The van der Waals surface area contributed by atoms with Crippen molar-refractivity contribution in [1.29, 1.82) is 0 Å². The Kier molecular flexibility index (Phi) is 4.19. The summed E-state index contributed by atoms with van der Waals surface area (Å²) in [6.45, 7) is 1.63. The van der Waals surface area contributed by atoms with E-state index in [2.05, 4.69) is 15.6 Å². The van der Waals surface area contributed by atoms with Crippen LogP contribution in [0.25, 0.3) is 0 Å². The van der Waals surface area contributed by atoms with Gasteiger partial charge in [0.1, 0.15) is 0 Å². The van der Waals surface area contributed by atoms with Gasteiger partial charge in [-0.25, -0.2) is 4.98 Å². The molecule has 0 spiro atoms. The van der Waals surface area contributed by atoms with Gasteiger partial charge in [0.25, 0.3) is 0 Å². The third kappa shape index (κ3) is 4.05. The van der Waals surface area contributed by atoms with Gasteiger partial charge in [-0.15, -0.1) is 11.3 Å². The first-order valence-electron chi connectivity index (χ1n) is 4.30. The van der Waals surface area contributed by atoms with E-state index in [1.165, 1.54) is 11.3 Å². The van der Waals surface area contributed by atoms with Crippen molar-refractivity contribution in [2.24, 2.45) is 5.73 Å². The SMILES string of the molecule is Cc1csc(NC(=O)CNC(=O)CN)n1. The highest BCUT2D eigenvalue weighted by Gasteiger charge is 2.06. The summed E-state index contributed by atoms with van der Waals surface area (Å²) in [5.41, 5.74) is 5.91. The lowest BCUT2D eigenvalue weighted by Gasteiger charge is -2.02. The molecule has 7 heteroatoms. The molecule has 4 N–H and O–H groups in total. The predicted molar refractivity (Wildman–Crippen MR) is 57.5 cm³/mol. The Bertz CT molecular complexity index is 363. The van der Waals surface area contributed by atoms with Crippen LogP contribution in [0.15, 0.2) is 5.38 Å². The zero-order chi connectivity index (χ0) is 11.3. The minimum absolute atomic E-state index is 0.0886. The Balaban J connectivity index is 2.33. The largest absolute Gasteiger partial charge is 0.346 e. The highest BCUT2D eigenvalue weighted by atomic mass is 32.1. The van der Waals surface area contributed by atoms with Gasteiger partial charge in [0.2, 0.25) is 11.8 Å². The average Bonchev–Trinajstić information content (AvgIpc) is 2.60. The van der Waals surface area contributed by atoms with Gasteiger partial charge in [0.15, 0.2) is 5.13 Å². The van der Waals surface area contributed by atoms with Gasteiger partial charge >= 0.3 is 0 Å². The van der Waals surface area contributed by atoms with Crippen LogP contribution in [0, 0.1) is 6.92 Å². The summed E-state index contributed by atoms with van der Waals surface area (Å²) < 4.78 is 0. The Hall–Kier alpha value is -1.47. The summed E-state index contributed by atoms with van der Waals surface area (Å²) in [6, 6.07) is 0. The van der Waals surface area contributed by atoms with Crippen LogP contribution in [0.4, 0.5) is 5.13 Å². The first-order chi connectivity index (χ1) is 7.11. The fourth-order valence-electron chi connectivity index (χ4n) is 0.826. The molecule has 6 nitrogen and oxygen atoms in total. The molecule has 1 heterocycles. The molecule has 1 rings (SSSR count). The van der Waals surface area contributed by atoms with E-state index in [1.54, 1.807) is 0 Å². The molecular weight excluding hydrogens is 216 g/mol. The molecule has 0 aliphatic rings. The number of rotatable bonds is 4. The molecular formula is C8H12N4O2S. The van der Waals surface area contributed by atoms with Crippen molar-refractivity contribution >= 4 is 28.3 Å². The minimum Gasteiger partial charge on any atom is -0.346 e. The fourth-order valence-corrected chi connectivity index (χ4v) is 1.53. The lowest BCUT2D eigenvalue weighted by Crippen LogP contribution is -2.36. The number of hydrogen-bond donors (Lipinski definition) is 3. The third-order valence-electron chi connectivity index (χ3n) is 1.50. The second-order valence-electron chi connectivity index (χ2n) is 2.82. The van der Waals surface area contributed by atoms with Crippen molar-refractivity contribution < 1.29 is 9.59 Å². The molecule has 0 saturated heterocycles. The predicted octanol–water partition coefficient (Wildman–Crippen LogP) is -0.535. The highest BCUT2D eigenvalue weighted by molar-refractivity contribution is 7.13. The average molecular weight is 228 g/mol. The number of carbonyl (C=O) groups is 2. The van der Waals surface area contributed by atoms with E-state index in [4.69, 9.17) is 5.73 Å². The number of nitrogens with two attached hydrogens (primary N) is 1. The van der Waals surface area contributed by atoms with E-state index < -0.39 is 0 Å². The van der Waals surface area contributed by atoms with E-state index in [0.29, 0.717) is 5.13 Å². The normalized spacial score (nSPS) is 9.73. The molecule has 82 valence electrons. The van der Waals surface area contributed by atoms with Crippen LogP contribution in [0.5, 0.6) is 0 Å². The van der Waals surface area contributed by atoms with Crippen LogP contribution in [-0.2, 0) is 9.59 Å². The fraction of sp³-hybridized carbons (Fsp3) is 0.375. The smallest absolute Gasteiger partial charge is 0.245 e. The number of thiazole rings is 1. The van der Waals surface area contributed by atoms with Crippen LogP contribution in [0.3, 0.4) is 0 Å². The summed E-state index contributed by atoms with van der Waals surface area (Å²) in [6.07, 6.45) is 0. The summed E-state index contributed by atoms with van der Waals surface area (Å²) in [5.74, 6) is -0.674. The number of hydrogen-bond acceptors (Lipinski definition) is 5. The molecule has 1 aromatic rings. The summed E-state index contributed by atoms with van der Waals surface area (Å²) in [7, 11) is 0. The standard InChI is InChI=1S/C8H12N4O2S/c1-5-4-15-8(11-5)12-7(14)3-10-6(13)2-9/h4H,2-3,9H2,1H3,(H,10,13)(H,11,12,14). The second-order valence-corrected chi connectivity index (χ2v) is 3.68. The van der Waals surface area contributed by atoms with Gasteiger partial charge in [-0.05, 0) is 6.92 Å². The summed E-state index contributed by atoms with van der Waals surface area (Å²) >= 11 is 1.34. The molecule has 0 aliphatic carbocycles. The van der Waals surface area contributed by atoms with E-state index in [9.17, 15) is 9.59 Å². The maximum absolute atomic E-state index is 11.2. The molecule has 0 atom stereocenters. The number of anilines is 1. The van der Waals surface area contributed by atoms with E-state index in [-0.39, 0.29) is 24.9 Å².